The van der Waals surface area contributed by atoms with Crippen molar-refractivity contribution in [2.45, 2.75) is 39.7 Å². The molecule has 2 N–H and O–H groups in total. The predicted molar refractivity (Wildman–Crippen MR) is 105 cm³/mol. The topological polar surface area (TPSA) is 48.1 Å². The van der Waals surface area contributed by atoms with Crippen molar-refractivity contribution in [1.82, 2.24) is 14.7 Å². The highest BCUT2D eigenvalue weighted by Gasteiger charge is 2.21. The molecule has 2 aliphatic heterocycles. The fourth-order valence-electron chi connectivity index (χ4n) is 3.20. The van der Waals surface area contributed by atoms with Gasteiger partial charge in [-0.2, -0.15) is 0 Å². The first kappa shape index (κ1) is 20.0. The maximum atomic E-state index is 6.16. The van der Waals surface area contributed by atoms with E-state index in [4.69, 9.17) is 5.73 Å². The third-order valence-corrected chi connectivity index (χ3v) is 5.10. The van der Waals surface area contributed by atoms with E-state index in [9.17, 15) is 0 Å². The van der Waals surface area contributed by atoms with Crippen molar-refractivity contribution >= 4 is 29.9 Å². The minimum Gasteiger partial charge on any atom is -0.370 e. The number of guanidine groups is 1. The summed E-state index contributed by atoms with van der Waals surface area (Å²) in [6, 6.07) is 0.492. The highest BCUT2D eigenvalue weighted by atomic mass is 127. The van der Waals surface area contributed by atoms with Gasteiger partial charge in [-0.3, -0.25) is 9.89 Å². The van der Waals surface area contributed by atoms with Gasteiger partial charge in [0, 0.05) is 45.3 Å². The molecule has 22 heavy (non-hydrogen) atoms. The molecule has 2 heterocycles. The Morgan fingerprint density at radius 3 is 2.27 bits per heavy atom. The van der Waals surface area contributed by atoms with E-state index in [0.717, 1.165) is 44.6 Å². The largest absolute Gasteiger partial charge is 0.370 e. The maximum absolute atomic E-state index is 6.16. The average molecular weight is 423 g/mol. The second kappa shape index (κ2) is 9.93. The lowest BCUT2D eigenvalue weighted by Gasteiger charge is -2.37. The van der Waals surface area contributed by atoms with Gasteiger partial charge in [-0.1, -0.05) is 13.8 Å². The van der Waals surface area contributed by atoms with Gasteiger partial charge < -0.3 is 15.5 Å². The van der Waals surface area contributed by atoms with Crippen LogP contribution in [0.4, 0.5) is 0 Å². The molecule has 2 rings (SSSR count). The summed E-state index contributed by atoms with van der Waals surface area (Å²) in [6.07, 6.45) is 2.48. The molecule has 0 spiro atoms. The average Bonchev–Trinajstić information content (AvgIpc) is 2.53. The van der Waals surface area contributed by atoms with E-state index in [1.807, 2.05) is 0 Å². The minimum atomic E-state index is 0. The van der Waals surface area contributed by atoms with Gasteiger partial charge in [0.15, 0.2) is 5.96 Å². The van der Waals surface area contributed by atoms with E-state index < -0.39 is 0 Å². The van der Waals surface area contributed by atoms with E-state index in [1.165, 1.54) is 32.5 Å². The number of hydrogen-bond acceptors (Lipinski definition) is 3. The van der Waals surface area contributed by atoms with Crippen molar-refractivity contribution < 1.29 is 0 Å². The van der Waals surface area contributed by atoms with Crippen LogP contribution in [-0.4, -0.2) is 79.1 Å². The summed E-state index contributed by atoms with van der Waals surface area (Å²) in [5, 5.41) is 0. The zero-order valence-electron chi connectivity index (χ0n) is 14.5. The standard InChI is InChI=1S/C16H33N5.HI/c1-4-19-9-11-20(12-10-19)15(3)13-18-16(17)21-7-5-14(2)6-8-21;/h14-15H,4-13H2,1-3H3,(H2,17,18);1H. The number of nitrogens with two attached hydrogens (primary N) is 1. The van der Waals surface area contributed by atoms with Crippen molar-refractivity contribution in [3.63, 3.8) is 0 Å². The summed E-state index contributed by atoms with van der Waals surface area (Å²) in [4.78, 5) is 12.0. The van der Waals surface area contributed by atoms with E-state index in [-0.39, 0.29) is 24.0 Å². The van der Waals surface area contributed by atoms with Crippen LogP contribution in [0.3, 0.4) is 0 Å². The molecule has 0 aromatic carbocycles. The van der Waals surface area contributed by atoms with Crippen LogP contribution in [0.2, 0.25) is 0 Å². The number of likely N-dealkylation sites (tertiary alicyclic amines) is 1. The number of rotatable bonds is 4. The Kier molecular flexibility index (Phi) is 9.01. The summed E-state index contributed by atoms with van der Waals surface area (Å²) < 4.78 is 0. The fraction of sp³-hybridized carbons (Fsp3) is 0.938. The second-order valence-electron chi connectivity index (χ2n) is 6.69. The molecule has 0 radical (unpaired) electrons. The Morgan fingerprint density at radius 1 is 1.14 bits per heavy atom. The number of piperidine rings is 1. The van der Waals surface area contributed by atoms with Crippen molar-refractivity contribution in [3.8, 4) is 0 Å². The lowest BCUT2D eigenvalue weighted by Crippen LogP contribution is -2.50. The molecular formula is C16H34IN5. The van der Waals surface area contributed by atoms with Gasteiger partial charge in [-0.15, -0.1) is 24.0 Å². The molecule has 1 atom stereocenters. The third kappa shape index (κ3) is 5.85. The summed E-state index contributed by atoms with van der Waals surface area (Å²) in [5.74, 6) is 1.59. The number of halogens is 1. The SMILES string of the molecule is CCN1CCN(C(C)CN=C(N)N2CCC(C)CC2)CC1.I. The molecule has 0 aromatic rings. The lowest BCUT2D eigenvalue weighted by molar-refractivity contribution is 0.109. The quantitative estimate of drug-likeness (QED) is 0.425. The molecule has 1 unspecified atom stereocenters. The monoisotopic (exact) mass is 423 g/mol. The normalized spacial score (nSPS) is 24.1. The van der Waals surface area contributed by atoms with Crippen LogP contribution < -0.4 is 5.73 Å². The Balaban J connectivity index is 0.00000242. The van der Waals surface area contributed by atoms with E-state index in [2.05, 4.69) is 40.5 Å². The molecule has 0 bridgehead atoms. The minimum absolute atomic E-state index is 0. The number of likely N-dealkylation sites (N-methyl/N-ethyl adjacent to an activating group) is 1. The summed E-state index contributed by atoms with van der Waals surface area (Å²) >= 11 is 0. The van der Waals surface area contributed by atoms with Gasteiger partial charge in [0.25, 0.3) is 0 Å². The molecule has 0 aromatic heterocycles. The predicted octanol–water partition coefficient (Wildman–Crippen LogP) is 1.68. The van der Waals surface area contributed by atoms with Crippen LogP contribution in [0.5, 0.6) is 0 Å². The van der Waals surface area contributed by atoms with E-state index in [1.54, 1.807) is 0 Å². The van der Waals surface area contributed by atoms with Gasteiger partial charge >= 0.3 is 0 Å². The van der Waals surface area contributed by atoms with Crippen LogP contribution in [0.25, 0.3) is 0 Å². The molecule has 5 nitrogen and oxygen atoms in total. The van der Waals surface area contributed by atoms with Gasteiger partial charge in [0.2, 0.25) is 0 Å². The Bertz CT molecular complexity index is 333. The van der Waals surface area contributed by atoms with E-state index >= 15 is 0 Å². The second-order valence-corrected chi connectivity index (χ2v) is 6.69. The fourth-order valence-corrected chi connectivity index (χ4v) is 3.20. The van der Waals surface area contributed by atoms with Gasteiger partial charge in [0.1, 0.15) is 0 Å². The Morgan fingerprint density at radius 2 is 1.73 bits per heavy atom. The molecule has 0 saturated carbocycles. The van der Waals surface area contributed by atoms with Crippen LogP contribution in [-0.2, 0) is 0 Å². The van der Waals surface area contributed by atoms with Crippen molar-refractivity contribution in [3.05, 3.63) is 0 Å². The summed E-state index contributed by atoms with van der Waals surface area (Å²) in [7, 11) is 0. The smallest absolute Gasteiger partial charge is 0.191 e. The molecular weight excluding hydrogens is 389 g/mol. The van der Waals surface area contributed by atoms with Gasteiger partial charge in [0.05, 0.1) is 6.54 Å². The van der Waals surface area contributed by atoms with Crippen molar-refractivity contribution in [1.29, 1.82) is 0 Å². The molecule has 6 heteroatoms. The Labute approximate surface area is 153 Å². The molecule has 130 valence electrons. The molecule has 0 aliphatic carbocycles. The van der Waals surface area contributed by atoms with Crippen LogP contribution in [0, 0.1) is 5.92 Å². The zero-order chi connectivity index (χ0) is 15.2. The molecule has 2 saturated heterocycles. The van der Waals surface area contributed by atoms with Crippen molar-refractivity contribution in [2.24, 2.45) is 16.6 Å². The highest BCUT2D eigenvalue weighted by Crippen LogP contribution is 2.15. The van der Waals surface area contributed by atoms with Crippen LogP contribution in [0.15, 0.2) is 4.99 Å². The van der Waals surface area contributed by atoms with E-state index in [0.29, 0.717) is 6.04 Å². The molecule has 0 amide bonds. The van der Waals surface area contributed by atoms with Gasteiger partial charge in [-0.05, 0) is 32.2 Å². The summed E-state index contributed by atoms with van der Waals surface area (Å²) in [5.41, 5.74) is 6.16. The first-order valence-corrected chi connectivity index (χ1v) is 8.61. The molecule has 2 aliphatic rings. The first-order valence-electron chi connectivity index (χ1n) is 8.61. The lowest BCUT2D eigenvalue weighted by atomic mass is 10.00. The Hall–Kier alpha value is -0.0800. The van der Waals surface area contributed by atoms with Gasteiger partial charge in [-0.25, -0.2) is 0 Å². The first-order chi connectivity index (χ1) is 10.1. The number of piperazine rings is 1. The third-order valence-electron chi connectivity index (χ3n) is 5.10. The molecule has 2 fully saturated rings. The van der Waals surface area contributed by atoms with Crippen LogP contribution >= 0.6 is 24.0 Å². The summed E-state index contributed by atoms with van der Waals surface area (Å²) in [6.45, 7) is 15.7. The van der Waals surface area contributed by atoms with Crippen molar-refractivity contribution in [2.75, 3.05) is 52.4 Å². The zero-order valence-corrected chi connectivity index (χ0v) is 16.8. The maximum Gasteiger partial charge on any atom is 0.191 e. The number of hydrogen-bond donors (Lipinski definition) is 1. The highest BCUT2D eigenvalue weighted by molar-refractivity contribution is 14.0. The van der Waals surface area contributed by atoms with Crippen LogP contribution in [0.1, 0.15) is 33.6 Å². The number of aliphatic imine (C=N–C) groups is 1. The number of nitrogens with zero attached hydrogens (tertiary/aromatic N) is 4.